The maximum Gasteiger partial charge on any atom is 0.325 e. The molecule has 0 bridgehead atoms. The maximum atomic E-state index is 11.6. The molecule has 1 rings (SSSR count). The summed E-state index contributed by atoms with van der Waals surface area (Å²) >= 11 is 6.26. The lowest BCUT2D eigenvalue weighted by molar-refractivity contribution is -0.118. The van der Waals surface area contributed by atoms with Gasteiger partial charge in [0.05, 0.1) is 14.2 Å². The number of carbonyl (C=O) groups excluding carboxylic acids is 2. The van der Waals surface area contributed by atoms with Crippen molar-refractivity contribution in [1.29, 1.82) is 0 Å². The molecule has 1 aromatic rings. The van der Waals surface area contributed by atoms with Crippen molar-refractivity contribution in [2.45, 2.75) is 4.83 Å². The van der Waals surface area contributed by atoms with Crippen molar-refractivity contribution in [1.82, 2.24) is 5.32 Å². The number of carbonyl (C=O) groups is 2. The Morgan fingerprint density at radius 1 is 1.25 bits per heavy atom. The van der Waals surface area contributed by atoms with Crippen molar-refractivity contribution in [2.75, 3.05) is 24.9 Å². The Labute approximate surface area is 133 Å². The smallest absolute Gasteiger partial charge is 0.325 e. The third-order valence-electron chi connectivity index (χ3n) is 2.30. The molecule has 20 heavy (non-hydrogen) atoms. The zero-order valence-electron chi connectivity index (χ0n) is 10.9. The topological polar surface area (TPSA) is 76.7 Å². The van der Waals surface area contributed by atoms with Gasteiger partial charge in [0, 0.05) is 17.1 Å². The molecule has 1 unspecified atom stereocenters. The average molecular weight is 410 g/mol. The molecular formula is C12H14Br2N2O4. The summed E-state index contributed by atoms with van der Waals surface area (Å²) in [5.74, 6) is 0.602. The van der Waals surface area contributed by atoms with Crippen LogP contribution in [0.4, 0.5) is 10.5 Å². The molecule has 0 spiro atoms. The largest absolute Gasteiger partial charge is 0.493 e. The van der Waals surface area contributed by atoms with Crippen molar-refractivity contribution < 1.29 is 19.1 Å². The Kier molecular flexibility index (Phi) is 6.80. The van der Waals surface area contributed by atoms with Gasteiger partial charge in [-0.2, -0.15) is 0 Å². The number of ether oxygens (including phenoxy) is 2. The van der Waals surface area contributed by atoms with E-state index in [1.165, 1.54) is 14.2 Å². The first-order valence-corrected chi connectivity index (χ1v) is 7.59. The zero-order chi connectivity index (χ0) is 15.1. The van der Waals surface area contributed by atoms with Crippen molar-refractivity contribution in [3.8, 4) is 11.5 Å². The molecule has 0 aliphatic carbocycles. The number of hydrogen-bond donors (Lipinski definition) is 2. The van der Waals surface area contributed by atoms with Crippen LogP contribution in [0.3, 0.4) is 0 Å². The van der Waals surface area contributed by atoms with E-state index in [4.69, 9.17) is 9.47 Å². The second-order valence-corrected chi connectivity index (χ2v) is 5.39. The maximum absolute atomic E-state index is 11.6. The highest BCUT2D eigenvalue weighted by Crippen LogP contribution is 2.29. The van der Waals surface area contributed by atoms with Crippen LogP contribution < -0.4 is 20.1 Å². The highest BCUT2D eigenvalue weighted by atomic mass is 79.9. The van der Waals surface area contributed by atoms with Crippen molar-refractivity contribution in [3.05, 3.63) is 18.2 Å². The fraction of sp³-hybridized carbons (Fsp3) is 0.333. The minimum atomic E-state index is -0.618. The number of amides is 3. The van der Waals surface area contributed by atoms with E-state index in [0.29, 0.717) is 22.5 Å². The Bertz CT molecular complexity index is 496. The van der Waals surface area contributed by atoms with Gasteiger partial charge in [0.1, 0.15) is 4.83 Å². The van der Waals surface area contributed by atoms with Gasteiger partial charge in [-0.05, 0) is 12.1 Å². The summed E-state index contributed by atoms with van der Waals surface area (Å²) in [4.78, 5) is 22.7. The van der Waals surface area contributed by atoms with Gasteiger partial charge in [-0.25, -0.2) is 4.79 Å². The Morgan fingerprint density at radius 2 is 1.90 bits per heavy atom. The summed E-state index contributed by atoms with van der Waals surface area (Å²) in [7, 11) is 3.02. The molecule has 0 fully saturated rings. The van der Waals surface area contributed by atoms with E-state index in [2.05, 4.69) is 42.5 Å². The summed E-state index contributed by atoms with van der Waals surface area (Å²) < 4.78 is 10.2. The quantitative estimate of drug-likeness (QED) is 0.732. The van der Waals surface area contributed by atoms with Crippen molar-refractivity contribution in [2.24, 2.45) is 0 Å². The van der Waals surface area contributed by atoms with Gasteiger partial charge in [-0.15, -0.1) is 0 Å². The van der Waals surface area contributed by atoms with E-state index in [0.717, 1.165) is 0 Å². The molecule has 0 saturated carbocycles. The van der Waals surface area contributed by atoms with Gasteiger partial charge >= 0.3 is 6.03 Å². The fourth-order valence-electron chi connectivity index (χ4n) is 1.34. The predicted octanol–water partition coefficient (Wildman–Crippen LogP) is 2.51. The summed E-state index contributed by atoms with van der Waals surface area (Å²) in [6, 6.07) is 4.27. The molecule has 6 nitrogen and oxygen atoms in total. The molecule has 0 aliphatic rings. The normalized spacial score (nSPS) is 11.4. The van der Waals surface area contributed by atoms with Crippen LogP contribution in [-0.2, 0) is 4.79 Å². The van der Waals surface area contributed by atoms with Gasteiger partial charge < -0.3 is 14.8 Å². The van der Waals surface area contributed by atoms with E-state index >= 15 is 0 Å². The number of nitrogens with one attached hydrogen (secondary N) is 2. The predicted molar refractivity (Wildman–Crippen MR) is 83.2 cm³/mol. The molecule has 0 aromatic heterocycles. The summed E-state index contributed by atoms with van der Waals surface area (Å²) in [5, 5.41) is 5.15. The van der Waals surface area contributed by atoms with Crippen LogP contribution in [0.2, 0.25) is 0 Å². The lowest BCUT2D eigenvalue weighted by Crippen LogP contribution is -2.39. The number of benzene rings is 1. The van der Waals surface area contributed by atoms with Gasteiger partial charge in [0.2, 0.25) is 5.91 Å². The molecule has 0 heterocycles. The third kappa shape index (κ3) is 4.68. The lowest BCUT2D eigenvalue weighted by atomic mass is 10.3. The summed E-state index contributed by atoms with van der Waals surface area (Å²) in [5.41, 5.74) is 0.484. The summed E-state index contributed by atoms with van der Waals surface area (Å²) in [6.45, 7) is 0. The number of alkyl halides is 2. The molecule has 0 saturated heterocycles. The van der Waals surface area contributed by atoms with Crippen LogP contribution in [0.5, 0.6) is 11.5 Å². The lowest BCUT2D eigenvalue weighted by Gasteiger charge is -2.11. The second kappa shape index (κ2) is 8.11. The number of urea groups is 1. The van der Waals surface area contributed by atoms with Gasteiger partial charge in [-0.1, -0.05) is 31.9 Å². The first-order chi connectivity index (χ1) is 9.51. The fourth-order valence-corrected chi connectivity index (χ4v) is 1.75. The number of methoxy groups -OCH3 is 2. The monoisotopic (exact) mass is 408 g/mol. The Morgan fingerprint density at radius 3 is 2.45 bits per heavy atom. The third-order valence-corrected chi connectivity index (χ3v) is 4.55. The molecule has 1 aromatic carbocycles. The van der Waals surface area contributed by atoms with Crippen LogP contribution in [0.15, 0.2) is 18.2 Å². The highest BCUT2D eigenvalue weighted by molar-refractivity contribution is 9.12. The molecule has 110 valence electrons. The van der Waals surface area contributed by atoms with Crippen LogP contribution in [-0.4, -0.2) is 36.3 Å². The number of halogens is 2. The molecule has 3 amide bonds. The van der Waals surface area contributed by atoms with Crippen molar-refractivity contribution >= 4 is 49.5 Å². The SMILES string of the molecule is COc1ccc(NC(=O)NC(=O)C(Br)CBr)cc1OC. The number of hydrogen-bond acceptors (Lipinski definition) is 4. The van der Waals surface area contributed by atoms with Crippen LogP contribution >= 0.6 is 31.9 Å². The van der Waals surface area contributed by atoms with Gasteiger partial charge in [-0.3, -0.25) is 10.1 Å². The molecule has 1 atom stereocenters. The second-order valence-electron chi connectivity index (χ2n) is 3.63. The minimum Gasteiger partial charge on any atom is -0.493 e. The van der Waals surface area contributed by atoms with E-state index in [1.807, 2.05) is 0 Å². The van der Waals surface area contributed by atoms with Gasteiger partial charge in [0.15, 0.2) is 11.5 Å². The highest BCUT2D eigenvalue weighted by Gasteiger charge is 2.16. The van der Waals surface area contributed by atoms with Crippen LogP contribution in [0, 0.1) is 0 Å². The van der Waals surface area contributed by atoms with E-state index in [9.17, 15) is 9.59 Å². The van der Waals surface area contributed by atoms with Gasteiger partial charge in [0.25, 0.3) is 0 Å². The van der Waals surface area contributed by atoms with E-state index in [-0.39, 0.29) is 0 Å². The molecule has 2 N–H and O–H groups in total. The molecule has 0 radical (unpaired) electrons. The molecule has 8 heteroatoms. The van der Waals surface area contributed by atoms with Crippen LogP contribution in [0.25, 0.3) is 0 Å². The van der Waals surface area contributed by atoms with E-state index < -0.39 is 16.8 Å². The Balaban J connectivity index is 2.69. The van der Waals surface area contributed by atoms with Crippen LogP contribution in [0.1, 0.15) is 0 Å². The number of rotatable bonds is 5. The Hall–Kier alpha value is -1.28. The van der Waals surface area contributed by atoms with Crippen molar-refractivity contribution in [3.63, 3.8) is 0 Å². The first kappa shape index (κ1) is 16.8. The summed E-state index contributed by atoms with van der Waals surface area (Å²) in [6.07, 6.45) is 0. The zero-order valence-corrected chi connectivity index (χ0v) is 14.1. The minimum absolute atomic E-state index is 0.405. The number of anilines is 1. The standard InChI is InChI=1S/C12H14Br2N2O4/c1-19-9-4-3-7(5-10(9)20-2)15-12(18)16-11(17)8(14)6-13/h3-5,8H,6H2,1-2H3,(H2,15,16,17,18). The van der Waals surface area contributed by atoms with E-state index in [1.54, 1.807) is 18.2 Å². The molecule has 0 aliphatic heterocycles. The average Bonchev–Trinajstić information content (AvgIpc) is 2.45. The molecular weight excluding hydrogens is 396 g/mol. The number of imide groups is 1. The first-order valence-electron chi connectivity index (χ1n) is 5.55.